The quantitative estimate of drug-likeness (QED) is 0.630. The summed E-state index contributed by atoms with van der Waals surface area (Å²) >= 11 is 0. The summed E-state index contributed by atoms with van der Waals surface area (Å²) in [5.41, 5.74) is 2.46. The van der Waals surface area contributed by atoms with Gasteiger partial charge in [0.1, 0.15) is 29.6 Å². The minimum absolute atomic E-state index is 0.293. The highest BCUT2D eigenvalue weighted by Gasteiger charge is 2.35. The Bertz CT molecular complexity index is 1150. The molecule has 0 saturated heterocycles. The summed E-state index contributed by atoms with van der Waals surface area (Å²) in [4.78, 5) is 17.8. The van der Waals surface area contributed by atoms with Crippen LogP contribution in [0.3, 0.4) is 0 Å². The lowest BCUT2D eigenvalue weighted by Gasteiger charge is -2.29. The molecule has 0 bridgehead atoms. The van der Waals surface area contributed by atoms with Gasteiger partial charge in [-0.05, 0) is 31.2 Å². The van der Waals surface area contributed by atoms with E-state index in [4.69, 9.17) is 14.2 Å². The van der Waals surface area contributed by atoms with Crippen molar-refractivity contribution in [2.75, 3.05) is 32.0 Å². The van der Waals surface area contributed by atoms with Crippen molar-refractivity contribution in [3.63, 3.8) is 0 Å². The molecule has 2 heterocycles. The SMILES string of the molecule is COc1ccc([C@H]2C(C(=O)Nc3ccccc3OC)=C(C)Nc3ncnn32)c(OC)c1. The Morgan fingerprint density at radius 1 is 1.06 bits per heavy atom. The third-order valence-corrected chi connectivity index (χ3v) is 5.13. The zero-order valence-electron chi connectivity index (χ0n) is 17.7. The maximum absolute atomic E-state index is 13.5. The average molecular weight is 421 g/mol. The molecule has 1 amide bonds. The number of ether oxygens (including phenoxy) is 3. The number of rotatable bonds is 6. The van der Waals surface area contributed by atoms with Crippen LogP contribution in [-0.2, 0) is 4.79 Å². The average Bonchev–Trinajstić information content (AvgIpc) is 3.26. The Balaban J connectivity index is 1.81. The number of allylic oxidation sites excluding steroid dienone is 1. The summed E-state index contributed by atoms with van der Waals surface area (Å²) in [7, 11) is 4.72. The van der Waals surface area contributed by atoms with Gasteiger partial charge < -0.3 is 24.8 Å². The number of nitrogens with zero attached hydrogens (tertiary/aromatic N) is 3. The number of nitrogens with one attached hydrogen (secondary N) is 2. The van der Waals surface area contributed by atoms with Gasteiger partial charge in [-0.25, -0.2) is 4.68 Å². The predicted octanol–water partition coefficient (Wildman–Crippen LogP) is 3.23. The molecule has 9 nitrogen and oxygen atoms in total. The van der Waals surface area contributed by atoms with Gasteiger partial charge >= 0.3 is 0 Å². The smallest absolute Gasteiger partial charge is 0.255 e. The Kier molecular flexibility index (Phi) is 5.48. The fraction of sp³-hybridized carbons (Fsp3) is 0.227. The number of anilines is 2. The molecule has 1 atom stereocenters. The molecule has 0 aliphatic carbocycles. The lowest BCUT2D eigenvalue weighted by atomic mass is 9.94. The molecule has 3 aromatic rings. The molecular weight excluding hydrogens is 398 g/mol. The highest BCUT2D eigenvalue weighted by atomic mass is 16.5. The first-order valence-corrected chi connectivity index (χ1v) is 9.61. The molecule has 2 N–H and O–H groups in total. The van der Waals surface area contributed by atoms with E-state index in [0.29, 0.717) is 40.2 Å². The van der Waals surface area contributed by atoms with Crippen LogP contribution in [0.25, 0.3) is 0 Å². The molecule has 0 saturated carbocycles. The molecule has 9 heteroatoms. The van der Waals surface area contributed by atoms with Crippen LogP contribution >= 0.6 is 0 Å². The number of carbonyl (C=O) groups is 1. The van der Waals surface area contributed by atoms with Gasteiger partial charge in [0.15, 0.2) is 0 Å². The van der Waals surface area contributed by atoms with Crippen molar-refractivity contribution < 1.29 is 19.0 Å². The van der Waals surface area contributed by atoms with Crippen LogP contribution in [0.5, 0.6) is 17.2 Å². The fourth-order valence-corrected chi connectivity index (χ4v) is 3.65. The first kappa shape index (κ1) is 20.3. The minimum Gasteiger partial charge on any atom is -0.497 e. The van der Waals surface area contributed by atoms with Crippen LogP contribution in [0.2, 0.25) is 0 Å². The Morgan fingerprint density at radius 2 is 1.84 bits per heavy atom. The number of hydrogen-bond donors (Lipinski definition) is 2. The lowest BCUT2D eigenvalue weighted by Crippen LogP contribution is -2.31. The zero-order chi connectivity index (χ0) is 22.0. The molecule has 1 aliphatic rings. The van der Waals surface area contributed by atoms with E-state index in [2.05, 4.69) is 20.7 Å². The lowest BCUT2D eigenvalue weighted by molar-refractivity contribution is -0.113. The van der Waals surface area contributed by atoms with Crippen LogP contribution < -0.4 is 24.8 Å². The molecular formula is C22H23N5O4. The number of amides is 1. The van der Waals surface area contributed by atoms with Crippen molar-refractivity contribution >= 4 is 17.5 Å². The molecule has 31 heavy (non-hydrogen) atoms. The molecule has 1 aliphatic heterocycles. The largest absolute Gasteiger partial charge is 0.497 e. The number of benzene rings is 2. The maximum Gasteiger partial charge on any atom is 0.255 e. The van der Waals surface area contributed by atoms with Crippen LogP contribution in [0, 0.1) is 0 Å². The third kappa shape index (κ3) is 3.65. The summed E-state index contributed by atoms with van der Waals surface area (Å²) < 4.78 is 18.0. The molecule has 0 unspecified atom stereocenters. The van der Waals surface area contributed by atoms with E-state index in [1.165, 1.54) is 6.33 Å². The summed E-state index contributed by atoms with van der Waals surface area (Å²) in [6, 6.07) is 12.1. The Labute approximate surface area is 179 Å². The second-order valence-corrected chi connectivity index (χ2v) is 6.86. The zero-order valence-corrected chi connectivity index (χ0v) is 17.7. The first-order valence-electron chi connectivity index (χ1n) is 9.61. The fourth-order valence-electron chi connectivity index (χ4n) is 3.65. The van der Waals surface area contributed by atoms with Crippen LogP contribution in [0.1, 0.15) is 18.5 Å². The Morgan fingerprint density at radius 3 is 2.58 bits per heavy atom. The van der Waals surface area contributed by atoms with Crippen molar-refractivity contribution in [1.82, 2.24) is 14.8 Å². The summed E-state index contributed by atoms with van der Waals surface area (Å²) in [6.07, 6.45) is 1.44. The van der Waals surface area contributed by atoms with Gasteiger partial charge in [-0.3, -0.25) is 4.79 Å². The standard InChI is InChI=1S/C22H23N5O4/c1-13-19(21(28)26-16-7-5-6-8-17(16)30-3)20(27-22(25-13)23-12-24-27)15-10-9-14(29-2)11-18(15)31-4/h5-12,20H,1-4H3,(H,26,28)(H,23,24,25)/t20-/m0/s1. The van der Waals surface area contributed by atoms with E-state index in [1.54, 1.807) is 44.2 Å². The van der Waals surface area contributed by atoms with Gasteiger partial charge in [0.05, 0.1) is 32.6 Å². The summed E-state index contributed by atoms with van der Waals surface area (Å²) in [6.45, 7) is 1.83. The second kappa shape index (κ2) is 8.39. The maximum atomic E-state index is 13.5. The van der Waals surface area contributed by atoms with Gasteiger partial charge in [0.25, 0.3) is 5.91 Å². The molecule has 4 rings (SSSR count). The van der Waals surface area contributed by atoms with E-state index in [1.807, 2.05) is 31.2 Å². The van der Waals surface area contributed by atoms with E-state index < -0.39 is 6.04 Å². The first-order chi connectivity index (χ1) is 15.1. The number of carbonyl (C=O) groups excluding carboxylic acids is 1. The van der Waals surface area contributed by atoms with Gasteiger partial charge in [-0.15, -0.1) is 0 Å². The normalized spacial score (nSPS) is 15.0. The highest BCUT2D eigenvalue weighted by Crippen LogP contribution is 2.40. The van der Waals surface area contributed by atoms with Gasteiger partial charge in [-0.1, -0.05) is 12.1 Å². The third-order valence-electron chi connectivity index (χ3n) is 5.13. The summed E-state index contributed by atoms with van der Waals surface area (Å²) in [5.74, 6) is 2.03. The monoisotopic (exact) mass is 421 g/mol. The number of aromatic nitrogens is 3. The highest BCUT2D eigenvalue weighted by molar-refractivity contribution is 6.06. The molecule has 160 valence electrons. The van der Waals surface area contributed by atoms with Crippen molar-refractivity contribution in [2.45, 2.75) is 13.0 Å². The molecule has 1 aromatic heterocycles. The van der Waals surface area contributed by atoms with Crippen LogP contribution in [-0.4, -0.2) is 42.0 Å². The van der Waals surface area contributed by atoms with Gasteiger partial charge in [0.2, 0.25) is 5.95 Å². The van der Waals surface area contributed by atoms with Crippen molar-refractivity contribution in [1.29, 1.82) is 0 Å². The topological polar surface area (TPSA) is 99.5 Å². The van der Waals surface area contributed by atoms with Crippen molar-refractivity contribution in [2.24, 2.45) is 0 Å². The van der Waals surface area contributed by atoms with Crippen molar-refractivity contribution in [3.8, 4) is 17.2 Å². The number of hydrogen-bond acceptors (Lipinski definition) is 7. The van der Waals surface area contributed by atoms with Crippen LogP contribution in [0.4, 0.5) is 11.6 Å². The van der Waals surface area contributed by atoms with Gasteiger partial charge in [-0.2, -0.15) is 10.1 Å². The second-order valence-electron chi connectivity index (χ2n) is 6.86. The van der Waals surface area contributed by atoms with E-state index in [9.17, 15) is 4.79 Å². The summed E-state index contributed by atoms with van der Waals surface area (Å²) in [5, 5.41) is 10.5. The van der Waals surface area contributed by atoms with E-state index in [-0.39, 0.29) is 5.91 Å². The number of methoxy groups -OCH3 is 3. The molecule has 0 spiro atoms. The number of fused-ring (bicyclic) bond motifs is 1. The van der Waals surface area contributed by atoms with Crippen LogP contribution in [0.15, 0.2) is 60.1 Å². The minimum atomic E-state index is -0.561. The number of para-hydroxylation sites is 2. The molecule has 0 fully saturated rings. The predicted molar refractivity (Wildman–Crippen MR) is 116 cm³/mol. The van der Waals surface area contributed by atoms with E-state index >= 15 is 0 Å². The molecule has 2 aromatic carbocycles. The van der Waals surface area contributed by atoms with E-state index in [0.717, 1.165) is 5.56 Å². The molecule has 0 radical (unpaired) electrons. The van der Waals surface area contributed by atoms with Crippen molar-refractivity contribution in [3.05, 3.63) is 65.6 Å². The Hall–Kier alpha value is -4.01. The van der Waals surface area contributed by atoms with Gasteiger partial charge in [0, 0.05) is 17.3 Å².